The molecule has 0 unspecified atom stereocenters. The highest BCUT2D eigenvalue weighted by Crippen LogP contribution is 2.37. The Labute approximate surface area is 204 Å². The smallest absolute Gasteiger partial charge is 0.338 e. The number of hydrogen-bond acceptors (Lipinski definition) is 13. The Kier molecular flexibility index (Phi) is 8.35. The van der Waals surface area contributed by atoms with Crippen LogP contribution in [0.3, 0.4) is 0 Å². The molecule has 1 aliphatic rings. The molecule has 7 N–H and O–H groups in total. The lowest BCUT2D eigenvalue weighted by molar-refractivity contribution is -0.304. The highest BCUT2D eigenvalue weighted by atomic mass is 16.7. The Morgan fingerprint density at radius 2 is 1.56 bits per heavy atom. The van der Waals surface area contributed by atoms with Gasteiger partial charge in [0.2, 0.25) is 5.78 Å². The van der Waals surface area contributed by atoms with Crippen LogP contribution in [0.4, 0.5) is 0 Å². The van der Waals surface area contributed by atoms with Gasteiger partial charge in [-0.3, -0.25) is 4.79 Å². The van der Waals surface area contributed by atoms with E-state index in [9.17, 15) is 45.3 Å². The van der Waals surface area contributed by atoms with Gasteiger partial charge in [-0.25, -0.2) is 4.79 Å². The van der Waals surface area contributed by atoms with E-state index in [1.807, 2.05) is 0 Å². The van der Waals surface area contributed by atoms with Crippen LogP contribution in [0.25, 0.3) is 0 Å². The summed E-state index contributed by atoms with van der Waals surface area (Å²) in [4.78, 5) is 25.5. The number of aliphatic hydroxyl groups is 4. The van der Waals surface area contributed by atoms with E-state index in [2.05, 4.69) is 4.74 Å². The van der Waals surface area contributed by atoms with E-state index in [4.69, 9.17) is 14.2 Å². The molecule has 5 atom stereocenters. The van der Waals surface area contributed by atoms with Crippen molar-refractivity contribution in [3.8, 4) is 23.0 Å². The molecule has 1 aliphatic heterocycles. The number of aliphatic hydroxyl groups excluding tert-OH is 4. The van der Waals surface area contributed by atoms with Crippen LogP contribution in [0.2, 0.25) is 0 Å². The van der Waals surface area contributed by atoms with Gasteiger partial charge in [0.15, 0.2) is 6.29 Å². The lowest BCUT2D eigenvalue weighted by atomic mass is 9.94. The molecule has 2 aromatic carbocycles. The van der Waals surface area contributed by atoms with Crippen LogP contribution in [0.1, 0.15) is 31.8 Å². The minimum Gasteiger partial charge on any atom is -0.508 e. The largest absolute Gasteiger partial charge is 0.508 e. The van der Waals surface area contributed by atoms with Gasteiger partial charge in [-0.2, -0.15) is 0 Å². The van der Waals surface area contributed by atoms with E-state index in [0.29, 0.717) is 0 Å². The molecule has 36 heavy (non-hydrogen) atoms. The number of rotatable bonds is 8. The average Bonchev–Trinajstić information content (AvgIpc) is 2.85. The Morgan fingerprint density at radius 3 is 2.11 bits per heavy atom. The van der Waals surface area contributed by atoms with Crippen molar-refractivity contribution in [2.45, 2.75) is 37.3 Å². The third-order valence-corrected chi connectivity index (χ3v) is 5.59. The fraction of sp³-hybridized carbons (Fsp3) is 0.391. The summed E-state index contributed by atoms with van der Waals surface area (Å²) < 4.78 is 20.3. The number of ketones is 1. The second-order valence-electron chi connectivity index (χ2n) is 7.91. The lowest BCUT2D eigenvalue weighted by Crippen LogP contribution is -2.59. The van der Waals surface area contributed by atoms with Crippen LogP contribution >= 0.6 is 0 Å². The zero-order valence-electron chi connectivity index (χ0n) is 19.2. The first kappa shape index (κ1) is 27.1. The van der Waals surface area contributed by atoms with E-state index in [1.165, 1.54) is 7.11 Å². The number of carbonyl (C=O) groups excluding carboxylic acids is 2. The number of benzene rings is 2. The normalized spacial score (nSPS) is 23.8. The number of hydrogen-bond donors (Lipinski definition) is 7. The predicted octanol–water partition coefficient (Wildman–Crippen LogP) is -0.854. The van der Waals surface area contributed by atoms with Gasteiger partial charge in [-0.1, -0.05) is 0 Å². The highest BCUT2D eigenvalue weighted by molar-refractivity contribution is 6.18. The quantitative estimate of drug-likeness (QED) is 0.170. The zero-order chi connectivity index (χ0) is 26.7. The molecule has 3 rings (SSSR count). The second kappa shape index (κ2) is 11.1. The number of aromatic hydroxyl groups is 3. The van der Waals surface area contributed by atoms with Crippen LogP contribution in [0, 0.1) is 0 Å². The standard InChI is InChI=1S/C23H26O13/c1-33-14-6-10(25)5-11(22(32)34-2)16(14)19(29)17-12(26)3-9(4-13(17)27)8-35-23-21(31)20(30)18(28)15(7-24)36-23/h3-6,15,18,20-21,23-28,30-31H,7-8H2,1-2H3/t15-,18-,20+,21-,23+/m1/s1. The Morgan fingerprint density at radius 1 is 0.917 bits per heavy atom. The number of phenolic OH excluding ortho intramolecular Hbond substituents is 3. The molecule has 13 nitrogen and oxygen atoms in total. The molecule has 1 heterocycles. The minimum atomic E-state index is -1.66. The third kappa shape index (κ3) is 5.21. The summed E-state index contributed by atoms with van der Waals surface area (Å²) >= 11 is 0. The van der Waals surface area contributed by atoms with Crippen LogP contribution in [-0.2, 0) is 20.8 Å². The van der Waals surface area contributed by atoms with E-state index in [0.717, 1.165) is 31.4 Å². The maximum Gasteiger partial charge on any atom is 0.338 e. The highest BCUT2D eigenvalue weighted by Gasteiger charge is 2.44. The minimum absolute atomic E-state index is 0.115. The molecule has 0 bridgehead atoms. The molecule has 2 aromatic rings. The van der Waals surface area contributed by atoms with Crippen LogP contribution in [0.5, 0.6) is 23.0 Å². The first-order chi connectivity index (χ1) is 17.0. The van der Waals surface area contributed by atoms with Crippen molar-refractivity contribution in [3.63, 3.8) is 0 Å². The second-order valence-corrected chi connectivity index (χ2v) is 7.91. The topological polar surface area (TPSA) is 213 Å². The van der Waals surface area contributed by atoms with Crippen molar-refractivity contribution in [3.05, 3.63) is 46.5 Å². The Bertz CT molecular complexity index is 1110. The van der Waals surface area contributed by atoms with Crippen molar-refractivity contribution in [1.29, 1.82) is 0 Å². The van der Waals surface area contributed by atoms with Gasteiger partial charge >= 0.3 is 5.97 Å². The van der Waals surface area contributed by atoms with Gasteiger partial charge in [0.05, 0.1) is 38.6 Å². The molecule has 196 valence electrons. The zero-order valence-corrected chi connectivity index (χ0v) is 19.2. The first-order valence-corrected chi connectivity index (χ1v) is 10.5. The summed E-state index contributed by atoms with van der Waals surface area (Å²) in [6.07, 6.45) is -7.55. The molecule has 0 aliphatic carbocycles. The lowest BCUT2D eigenvalue weighted by Gasteiger charge is -2.39. The molecule has 1 saturated heterocycles. The molecular formula is C23H26O13. The summed E-state index contributed by atoms with van der Waals surface area (Å²) in [5.41, 5.74) is -1.21. The number of esters is 1. The monoisotopic (exact) mass is 510 g/mol. The summed E-state index contributed by atoms with van der Waals surface area (Å²) in [5.74, 6) is -3.98. The fourth-order valence-electron chi connectivity index (χ4n) is 3.76. The molecule has 1 fully saturated rings. The van der Waals surface area contributed by atoms with E-state index in [1.54, 1.807) is 0 Å². The number of ether oxygens (including phenoxy) is 4. The van der Waals surface area contributed by atoms with Gasteiger partial charge in [0.25, 0.3) is 0 Å². The van der Waals surface area contributed by atoms with Gasteiger partial charge < -0.3 is 54.7 Å². The SMILES string of the molecule is COC(=O)c1cc(O)cc(OC)c1C(=O)c1c(O)cc(CO[C@H]2O[C@H](CO)[C@@H](O)[C@H](O)[C@H]2O)cc1O. The molecule has 0 amide bonds. The van der Waals surface area contributed by atoms with Crippen LogP contribution in [-0.4, -0.2) is 99.0 Å². The average molecular weight is 510 g/mol. The molecule has 0 radical (unpaired) electrons. The van der Waals surface area contributed by atoms with Crippen LogP contribution in [0.15, 0.2) is 24.3 Å². The Balaban J connectivity index is 1.89. The maximum atomic E-state index is 13.3. The van der Waals surface area contributed by atoms with Gasteiger partial charge in [0.1, 0.15) is 53.0 Å². The van der Waals surface area contributed by atoms with Gasteiger partial charge in [0, 0.05) is 6.07 Å². The number of phenols is 3. The van der Waals surface area contributed by atoms with Crippen molar-refractivity contribution in [1.82, 2.24) is 0 Å². The third-order valence-electron chi connectivity index (χ3n) is 5.59. The Hall–Kier alpha value is -3.46. The molecule has 0 spiro atoms. The first-order valence-electron chi connectivity index (χ1n) is 10.5. The van der Waals surface area contributed by atoms with Gasteiger partial charge in [-0.15, -0.1) is 0 Å². The molecule has 0 saturated carbocycles. The summed E-state index contributed by atoms with van der Waals surface area (Å²) in [6, 6.07) is 4.18. The van der Waals surface area contributed by atoms with Crippen molar-refractivity contribution in [2.75, 3.05) is 20.8 Å². The fourth-order valence-corrected chi connectivity index (χ4v) is 3.76. The van der Waals surface area contributed by atoms with Crippen LogP contribution < -0.4 is 4.74 Å². The van der Waals surface area contributed by atoms with E-state index in [-0.39, 0.29) is 22.4 Å². The van der Waals surface area contributed by atoms with Crippen molar-refractivity contribution >= 4 is 11.8 Å². The van der Waals surface area contributed by atoms with Crippen molar-refractivity contribution < 1.29 is 64.3 Å². The number of methoxy groups -OCH3 is 2. The summed E-state index contributed by atoms with van der Waals surface area (Å²) in [5, 5.41) is 69.9. The van der Waals surface area contributed by atoms with Gasteiger partial charge in [-0.05, 0) is 23.8 Å². The molecule has 0 aromatic heterocycles. The summed E-state index contributed by atoms with van der Waals surface area (Å²) in [6.45, 7) is -1.05. The summed E-state index contributed by atoms with van der Waals surface area (Å²) in [7, 11) is 2.25. The maximum absolute atomic E-state index is 13.3. The molecule has 13 heteroatoms. The van der Waals surface area contributed by atoms with Crippen molar-refractivity contribution in [2.24, 2.45) is 0 Å². The van der Waals surface area contributed by atoms with E-state index < -0.39 is 78.5 Å². The number of carbonyl (C=O) groups is 2. The van der Waals surface area contributed by atoms with E-state index >= 15 is 0 Å². The predicted molar refractivity (Wildman–Crippen MR) is 118 cm³/mol. The molecular weight excluding hydrogens is 484 g/mol.